The molecule has 0 bridgehead atoms. The summed E-state index contributed by atoms with van der Waals surface area (Å²) in [5.74, 6) is 0.469. The number of nitriles is 1. The Morgan fingerprint density at radius 2 is 1.91 bits per heavy atom. The van der Waals surface area contributed by atoms with Crippen molar-refractivity contribution in [2.45, 2.75) is 43.0 Å². The van der Waals surface area contributed by atoms with E-state index in [1.54, 1.807) is 13.0 Å². The van der Waals surface area contributed by atoms with Crippen LogP contribution in [0.1, 0.15) is 42.5 Å². The molecule has 0 aliphatic heterocycles. The minimum atomic E-state index is -3.80. The summed E-state index contributed by atoms with van der Waals surface area (Å²) in [6, 6.07) is 11.6. The van der Waals surface area contributed by atoms with Crippen molar-refractivity contribution >= 4 is 49.8 Å². The SMILES string of the molecule is Cc1nnc(NS(=O)(=O)c2ccc(NC(=O)CCSc3nc(C(C)C)ccc3C#N)cc2)s1. The number of thioether (sulfide) groups is 1. The van der Waals surface area contributed by atoms with Crippen LogP contribution in [0.5, 0.6) is 0 Å². The summed E-state index contributed by atoms with van der Waals surface area (Å²) in [5, 5.41) is 21.0. The van der Waals surface area contributed by atoms with Gasteiger partial charge < -0.3 is 5.32 Å². The fraction of sp³-hybridized carbons (Fsp3) is 0.286. The van der Waals surface area contributed by atoms with Crippen molar-refractivity contribution in [3.8, 4) is 6.07 Å². The molecule has 2 heterocycles. The molecule has 2 N–H and O–H groups in total. The molecule has 2 aromatic heterocycles. The van der Waals surface area contributed by atoms with Gasteiger partial charge in [-0.25, -0.2) is 13.4 Å². The molecule has 3 aromatic rings. The Labute approximate surface area is 200 Å². The number of carbonyl (C=O) groups excluding carboxylic acids is 1. The third-order valence-corrected chi connectivity index (χ3v) is 7.59. The Morgan fingerprint density at radius 1 is 1.18 bits per heavy atom. The lowest BCUT2D eigenvalue weighted by Gasteiger charge is -2.09. The molecular formula is C21H22N6O3S3. The summed E-state index contributed by atoms with van der Waals surface area (Å²) in [4.78, 5) is 16.9. The van der Waals surface area contributed by atoms with Crippen molar-refractivity contribution in [2.75, 3.05) is 15.8 Å². The zero-order valence-corrected chi connectivity index (χ0v) is 20.6. The number of anilines is 2. The van der Waals surface area contributed by atoms with Gasteiger partial charge in [0.15, 0.2) is 0 Å². The van der Waals surface area contributed by atoms with Gasteiger partial charge in [0.2, 0.25) is 11.0 Å². The van der Waals surface area contributed by atoms with E-state index in [0.717, 1.165) is 17.0 Å². The van der Waals surface area contributed by atoms with Gasteiger partial charge in [0, 0.05) is 23.6 Å². The molecule has 3 rings (SSSR count). The Morgan fingerprint density at radius 3 is 2.52 bits per heavy atom. The van der Waals surface area contributed by atoms with Gasteiger partial charge in [-0.2, -0.15) is 5.26 Å². The Kier molecular flexibility index (Phi) is 8.01. The van der Waals surface area contributed by atoms with Crippen molar-refractivity contribution in [3.63, 3.8) is 0 Å². The van der Waals surface area contributed by atoms with E-state index >= 15 is 0 Å². The molecule has 172 valence electrons. The van der Waals surface area contributed by atoms with E-state index < -0.39 is 10.0 Å². The minimum Gasteiger partial charge on any atom is -0.326 e. The van der Waals surface area contributed by atoms with E-state index in [1.165, 1.54) is 36.0 Å². The first-order chi connectivity index (χ1) is 15.7. The lowest BCUT2D eigenvalue weighted by Crippen LogP contribution is -2.14. The van der Waals surface area contributed by atoms with Gasteiger partial charge in [-0.1, -0.05) is 25.2 Å². The van der Waals surface area contributed by atoms with Crippen LogP contribution in [0.25, 0.3) is 0 Å². The summed E-state index contributed by atoms with van der Waals surface area (Å²) in [7, 11) is -3.80. The molecule has 0 unspecified atom stereocenters. The summed E-state index contributed by atoms with van der Waals surface area (Å²) in [6.07, 6.45) is 0.209. The highest BCUT2D eigenvalue weighted by Gasteiger charge is 2.17. The third kappa shape index (κ3) is 6.74. The molecule has 33 heavy (non-hydrogen) atoms. The van der Waals surface area contributed by atoms with Gasteiger partial charge in [0.05, 0.1) is 10.5 Å². The van der Waals surface area contributed by atoms with Crippen LogP contribution in [-0.4, -0.2) is 35.3 Å². The number of aromatic nitrogens is 3. The van der Waals surface area contributed by atoms with Crippen LogP contribution in [-0.2, 0) is 14.8 Å². The van der Waals surface area contributed by atoms with Gasteiger partial charge >= 0.3 is 0 Å². The third-order valence-electron chi connectivity index (χ3n) is 4.36. The maximum Gasteiger partial charge on any atom is 0.263 e. The Bertz CT molecular complexity index is 1280. The van der Waals surface area contributed by atoms with Crippen LogP contribution in [0.3, 0.4) is 0 Å². The predicted octanol–water partition coefficient (Wildman–Crippen LogP) is 4.16. The minimum absolute atomic E-state index is 0.0454. The van der Waals surface area contributed by atoms with E-state index in [9.17, 15) is 18.5 Å². The number of rotatable bonds is 9. The zero-order chi connectivity index (χ0) is 24.0. The van der Waals surface area contributed by atoms with E-state index in [-0.39, 0.29) is 28.3 Å². The van der Waals surface area contributed by atoms with Gasteiger partial charge in [-0.15, -0.1) is 22.0 Å². The molecule has 0 saturated heterocycles. The quantitative estimate of drug-likeness (QED) is 0.416. The monoisotopic (exact) mass is 502 g/mol. The zero-order valence-electron chi connectivity index (χ0n) is 18.2. The van der Waals surface area contributed by atoms with Crippen molar-refractivity contribution in [2.24, 2.45) is 0 Å². The number of aryl methyl sites for hydroxylation is 1. The number of hydrogen-bond donors (Lipinski definition) is 2. The molecule has 1 aromatic carbocycles. The average molecular weight is 503 g/mol. The Balaban J connectivity index is 1.55. The van der Waals surface area contributed by atoms with Gasteiger partial charge in [0.1, 0.15) is 16.1 Å². The highest BCUT2D eigenvalue weighted by atomic mass is 32.2. The fourth-order valence-corrected chi connectivity index (χ4v) is 5.41. The fourth-order valence-electron chi connectivity index (χ4n) is 2.66. The van der Waals surface area contributed by atoms with Gasteiger partial charge in [-0.3, -0.25) is 9.52 Å². The molecule has 0 atom stereocenters. The summed E-state index contributed by atoms with van der Waals surface area (Å²) < 4.78 is 27.3. The number of pyridine rings is 1. The first-order valence-electron chi connectivity index (χ1n) is 9.94. The van der Waals surface area contributed by atoms with E-state index in [1.807, 2.05) is 19.9 Å². The van der Waals surface area contributed by atoms with Gasteiger partial charge in [-0.05, 0) is 49.2 Å². The van der Waals surface area contributed by atoms with Crippen LogP contribution < -0.4 is 10.0 Å². The molecular weight excluding hydrogens is 480 g/mol. The largest absolute Gasteiger partial charge is 0.326 e. The van der Waals surface area contributed by atoms with E-state index in [0.29, 0.717) is 27.0 Å². The first-order valence-corrected chi connectivity index (χ1v) is 13.2. The maximum atomic E-state index is 12.4. The van der Waals surface area contributed by atoms with E-state index in [4.69, 9.17) is 0 Å². The summed E-state index contributed by atoms with van der Waals surface area (Å²) in [6.45, 7) is 5.79. The molecule has 0 saturated carbocycles. The maximum absolute atomic E-state index is 12.4. The van der Waals surface area contributed by atoms with Crippen LogP contribution in [0.15, 0.2) is 46.3 Å². The number of amides is 1. The van der Waals surface area contributed by atoms with E-state index in [2.05, 4.69) is 31.3 Å². The Hall–Kier alpha value is -3.01. The smallest absolute Gasteiger partial charge is 0.263 e. The molecule has 0 aliphatic carbocycles. The summed E-state index contributed by atoms with van der Waals surface area (Å²) in [5.41, 5.74) is 1.86. The second-order valence-corrected chi connectivity index (χ2v) is 11.2. The number of carbonyl (C=O) groups is 1. The second kappa shape index (κ2) is 10.7. The number of hydrogen-bond acceptors (Lipinski definition) is 9. The lowest BCUT2D eigenvalue weighted by atomic mass is 10.1. The second-order valence-electron chi connectivity index (χ2n) is 7.26. The summed E-state index contributed by atoms with van der Waals surface area (Å²) >= 11 is 2.50. The van der Waals surface area contributed by atoms with Crippen LogP contribution in [0, 0.1) is 18.3 Å². The molecule has 1 amide bonds. The topological polar surface area (TPSA) is 138 Å². The van der Waals surface area contributed by atoms with Crippen LogP contribution in [0.4, 0.5) is 10.8 Å². The lowest BCUT2D eigenvalue weighted by molar-refractivity contribution is -0.115. The van der Waals surface area contributed by atoms with Crippen LogP contribution in [0.2, 0.25) is 0 Å². The normalized spacial score (nSPS) is 11.2. The number of nitrogens with zero attached hydrogens (tertiary/aromatic N) is 4. The number of nitrogens with one attached hydrogen (secondary N) is 2. The van der Waals surface area contributed by atoms with Crippen LogP contribution >= 0.6 is 23.1 Å². The highest BCUT2D eigenvalue weighted by molar-refractivity contribution is 7.99. The highest BCUT2D eigenvalue weighted by Crippen LogP contribution is 2.24. The molecule has 0 aliphatic rings. The predicted molar refractivity (Wildman–Crippen MR) is 129 cm³/mol. The van der Waals surface area contributed by atoms with Gasteiger partial charge in [0.25, 0.3) is 10.0 Å². The average Bonchev–Trinajstić information content (AvgIpc) is 3.17. The standard InChI is InChI=1S/C21H22N6O3S3/c1-13(2)18-9-4-15(12-22)20(24-18)31-11-10-19(28)23-16-5-7-17(8-6-16)33(29,30)27-21-26-25-14(3)32-21/h4-9,13H,10-11H2,1-3H3,(H,23,28)(H,26,27). The van der Waals surface area contributed by atoms with Crippen molar-refractivity contribution in [3.05, 3.63) is 52.7 Å². The molecule has 0 spiro atoms. The number of benzene rings is 1. The van der Waals surface area contributed by atoms with Crippen molar-refractivity contribution in [1.82, 2.24) is 15.2 Å². The van der Waals surface area contributed by atoms with Crippen molar-refractivity contribution < 1.29 is 13.2 Å². The number of sulfonamides is 1. The first kappa shape index (κ1) is 24.6. The molecule has 12 heteroatoms. The molecule has 9 nitrogen and oxygen atoms in total. The molecule has 0 radical (unpaired) electrons. The molecule has 0 fully saturated rings. The van der Waals surface area contributed by atoms with Crippen molar-refractivity contribution in [1.29, 1.82) is 5.26 Å².